The van der Waals surface area contributed by atoms with Crippen molar-refractivity contribution in [3.05, 3.63) is 18.2 Å². The van der Waals surface area contributed by atoms with Crippen LogP contribution in [0.3, 0.4) is 0 Å². The van der Waals surface area contributed by atoms with E-state index in [9.17, 15) is 13.2 Å². The number of sulfonamides is 1. The van der Waals surface area contributed by atoms with Crippen molar-refractivity contribution in [1.29, 1.82) is 0 Å². The van der Waals surface area contributed by atoms with Crippen LogP contribution in [-0.4, -0.2) is 45.4 Å². The normalized spacial score (nSPS) is 23.1. The van der Waals surface area contributed by atoms with E-state index in [0.29, 0.717) is 30.2 Å². The Hall–Kier alpha value is -1.55. The van der Waals surface area contributed by atoms with E-state index in [1.807, 2.05) is 20.8 Å². The number of nitrogens with two attached hydrogens (primary N) is 1. The molecule has 2 unspecified atom stereocenters. The highest BCUT2D eigenvalue weighted by atomic mass is 35.5. The molecule has 8 nitrogen and oxygen atoms in total. The number of nitrogens with one attached hydrogen (secondary N) is 2. The summed E-state index contributed by atoms with van der Waals surface area (Å²) in [6.45, 7) is 7.85. The van der Waals surface area contributed by atoms with E-state index in [-0.39, 0.29) is 30.2 Å². The third-order valence-corrected chi connectivity index (χ3v) is 6.63. The van der Waals surface area contributed by atoms with Crippen LogP contribution in [0.25, 0.3) is 0 Å². The predicted molar refractivity (Wildman–Crippen MR) is 113 cm³/mol. The molecule has 1 saturated carbocycles. The van der Waals surface area contributed by atoms with Crippen LogP contribution in [0, 0.1) is 5.41 Å². The van der Waals surface area contributed by atoms with Crippen LogP contribution >= 0.6 is 12.4 Å². The Kier molecular flexibility index (Phi) is 7.74. The van der Waals surface area contributed by atoms with Gasteiger partial charge in [0.05, 0.1) is 24.7 Å². The zero-order valence-corrected chi connectivity index (χ0v) is 18.5. The van der Waals surface area contributed by atoms with Gasteiger partial charge in [0.2, 0.25) is 15.9 Å². The molecule has 28 heavy (non-hydrogen) atoms. The Morgan fingerprint density at radius 1 is 1.32 bits per heavy atom. The molecule has 2 atom stereocenters. The second-order valence-electron chi connectivity index (χ2n) is 7.22. The fourth-order valence-corrected chi connectivity index (χ4v) is 3.80. The number of hydrogen-bond donors (Lipinski definition) is 3. The van der Waals surface area contributed by atoms with Gasteiger partial charge in [-0.05, 0) is 26.0 Å². The minimum Gasteiger partial charge on any atom is -0.494 e. The van der Waals surface area contributed by atoms with Gasteiger partial charge in [0, 0.05) is 30.2 Å². The fourth-order valence-electron chi connectivity index (χ4n) is 3.16. The van der Waals surface area contributed by atoms with Crippen molar-refractivity contribution in [1.82, 2.24) is 0 Å². The molecule has 0 aliphatic heterocycles. The summed E-state index contributed by atoms with van der Waals surface area (Å²) in [5.41, 5.74) is 5.60. The number of hydrogen-bond acceptors (Lipinski definition) is 6. The van der Waals surface area contributed by atoms with Crippen LogP contribution in [0.1, 0.15) is 34.1 Å². The molecule has 1 aliphatic carbocycles. The molecule has 0 aromatic heterocycles. The smallest absolute Gasteiger partial charge is 0.245 e. The molecule has 0 bridgehead atoms. The lowest BCUT2D eigenvalue weighted by Gasteiger charge is -2.57. The van der Waals surface area contributed by atoms with E-state index in [1.165, 1.54) is 7.11 Å². The number of anilines is 2. The summed E-state index contributed by atoms with van der Waals surface area (Å²) in [4.78, 5) is 12.8. The van der Waals surface area contributed by atoms with Crippen LogP contribution in [0.2, 0.25) is 0 Å². The number of carbonyl (C=O) groups is 1. The van der Waals surface area contributed by atoms with Gasteiger partial charge in [-0.2, -0.15) is 0 Å². The summed E-state index contributed by atoms with van der Waals surface area (Å²) in [6, 6.07) is 4.70. The number of benzene rings is 1. The monoisotopic (exact) mass is 435 g/mol. The molecule has 0 heterocycles. The Bertz CT molecular complexity index is 815. The van der Waals surface area contributed by atoms with Crippen LogP contribution in [0.15, 0.2) is 18.2 Å². The Labute approximate surface area is 173 Å². The number of ether oxygens (including phenoxy) is 2. The summed E-state index contributed by atoms with van der Waals surface area (Å²) in [5, 5.41) is 2.80. The first-order chi connectivity index (χ1) is 12.5. The zero-order valence-electron chi connectivity index (χ0n) is 16.9. The summed E-state index contributed by atoms with van der Waals surface area (Å²) >= 11 is 0. The maximum Gasteiger partial charge on any atom is 0.245 e. The molecule has 1 amide bonds. The molecular weight excluding hydrogens is 406 g/mol. The number of rotatable bonds is 8. The minimum atomic E-state index is -3.44. The van der Waals surface area contributed by atoms with Crippen molar-refractivity contribution in [2.24, 2.45) is 11.1 Å². The molecule has 160 valence electrons. The first-order valence-corrected chi connectivity index (χ1v) is 10.6. The van der Waals surface area contributed by atoms with Crippen molar-refractivity contribution < 1.29 is 22.7 Å². The second-order valence-corrected chi connectivity index (χ2v) is 9.23. The first kappa shape index (κ1) is 24.5. The third kappa shape index (κ3) is 4.53. The van der Waals surface area contributed by atoms with Crippen molar-refractivity contribution in [3.8, 4) is 5.75 Å². The van der Waals surface area contributed by atoms with E-state index in [2.05, 4.69) is 10.0 Å². The predicted octanol–water partition coefficient (Wildman–Crippen LogP) is 2.35. The molecule has 4 N–H and O–H groups in total. The molecule has 1 fully saturated rings. The van der Waals surface area contributed by atoms with Gasteiger partial charge in [0.1, 0.15) is 11.3 Å². The molecular formula is C18H30ClN3O5S. The van der Waals surface area contributed by atoms with E-state index < -0.39 is 21.0 Å². The maximum absolute atomic E-state index is 12.8. The van der Waals surface area contributed by atoms with Gasteiger partial charge in [-0.15, -0.1) is 12.4 Å². The maximum atomic E-state index is 12.8. The standard InChI is InChI=1S/C18H29N3O5S.ClH/c1-6-26-15-11-18(19,17(15,3)4)16(22)20-12-8-9-13(14(10-12)25-5)21-27(23,24)7-2;/h8-10,15,21H,6-7,11,19H2,1-5H3,(H,20,22);1H. The molecule has 0 radical (unpaired) electrons. The number of carbonyl (C=O) groups excluding carboxylic acids is 1. The van der Waals surface area contributed by atoms with Crippen LogP contribution in [0.5, 0.6) is 5.75 Å². The highest BCUT2D eigenvalue weighted by molar-refractivity contribution is 7.92. The minimum absolute atomic E-state index is 0. The lowest BCUT2D eigenvalue weighted by atomic mass is 9.54. The van der Waals surface area contributed by atoms with Crippen LogP contribution in [-0.2, 0) is 19.6 Å². The molecule has 1 aliphatic rings. The fraction of sp³-hybridized carbons (Fsp3) is 0.611. The summed E-state index contributed by atoms with van der Waals surface area (Å²) in [7, 11) is -2.01. The molecule has 1 aromatic carbocycles. The Morgan fingerprint density at radius 3 is 2.46 bits per heavy atom. The SMILES string of the molecule is CCOC1CC(N)(C(=O)Nc2ccc(NS(=O)(=O)CC)c(OC)c2)C1(C)C.Cl. The summed E-state index contributed by atoms with van der Waals surface area (Å²) in [5.74, 6) is -0.0659. The topological polar surface area (TPSA) is 120 Å². The summed E-state index contributed by atoms with van der Waals surface area (Å²) in [6.07, 6.45) is 0.365. The zero-order chi connectivity index (χ0) is 20.5. The quantitative estimate of drug-likeness (QED) is 0.576. The molecule has 0 saturated heterocycles. The second kappa shape index (κ2) is 8.86. The van der Waals surface area contributed by atoms with Crippen molar-refractivity contribution >= 4 is 39.7 Å². The van der Waals surface area contributed by atoms with Crippen molar-refractivity contribution in [2.45, 2.75) is 45.8 Å². The van der Waals surface area contributed by atoms with Gasteiger partial charge < -0.3 is 20.5 Å². The van der Waals surface area contributed by atoms with Gasteiger partial charge in [-0.1, -0.05) is 13.8 Å². The largest absolute Gasteiger partial charge is 0.494 e. The highest BCUT2D eigenvalue weighted by Crippen LogP contribution is 2.50. The van der Waals surface area contributed by atoms with Gasteiger partial charge in [0.25, 0.3) is 0 Å². The molecule has 2 rings (SSSR count). The molecule has 1 aromatic rings. The number of methoxy groups -OCH3 is 1. The molecule has 0 spiro atoms. The lowest BCUT2D eigenvalue weighted by Crippen LogP contribution is -2.74. The Balaban J connectivity index is 0.00000392. The van der Waals surface area contributed by atoms with Gasteiger partial charge in [0.15, 0.2) is 0 Å². The molecule has 10 heteroatoms. The van der Waals surface area contributed by atoms with E-state index in [4.69, 9.17) is 15.2 Å². The third-order valence-electron chi connectivity index (χ3n) is 5.34. The van der Waals surface area contributed by atoms with Crippen molar-refractivity contribution in [2.75, 3.05) is 29.5 Å². The van der Waals surface area contributed by atoms with Crippen molar-refractivity contribution in [3.63, 3.8) is 0 Å². The summed E-state index contributed by atoms with van der Waals surface area (Å²) < 4.78 is 36.9. The van der Waals surface area contributed by atoms with Crippen LogP contribution in [0.4, 0.5) is 11.4 Å². The average Bonchev–Trinajstić information content (AvgIpc) is 2.62. The van der Waals surface area contributed by atoms with Gasteiger partial charge in [-0.25, -0.2) is 8.42 Å². The number of amides is 1. The van der Waals surface area contributed by atoms with Crippen LogP contribution < -0.4 is 20.5 Å². The van der Waals surface area contributed by atoms with Gasteiger partial charge in [-0.3, -0.25) is 9.52 Å². The highest BCUT2D eigenvalue weighted by Gasteiger charge is 2.62. The van der Waals surface area contributed by atoms with E-state index in [0.717, 1.165) is 0 Å². The lowest BCUT2D eigenvalue weighted by molar-refractivity contribution is -0.166. The first-order valence-electron chi connectivity index (χ1n) is 8.91. The van der Waals surface area contributed by atoms with E-state index >= 15 is 0 Å². The van der Waals surface area contributed by atoms with E-state index in [1.54, 1.807) is 25.1 Å². The average molecular weight is 436 g/mol. The van der Waals surface area contributed by atoms with Gasteiger partial charge >= 0.3 is 0 Å². The Morgan fingerprint density at radius 2 is 1.96 bits per heavy atom. The number of halogens is 1.